The Bertz CT molecular complexity index is 2570. The minimum absolute atomic E-state index is 0.0614. The zero-order chi connectivity index (χ0) is 32.2. The average molecular weight is 618 g/mol. The van der Waals surface area contributed by atoms with E-state index in [1.54, 1.807) is 12.3 Å². The van der Waals surface area contributed by atoms with Crippen molar-refractivity contribution in [3.05, 3.63) is 196 Å². The van der Waals surface area contributed by atoms with Crippen molar-refractivity contribution in [1.82, 2.24) is 4.57 Å². The third kappa shape index (κ3) is 3.35. The lowest BCUT2D eigenvalue weighted by Crippen LogP contribution is -2.45. The van der Waals surface area contributed by atoms with Gasteiger partial charge in [-0.05, 0) is 86.0 Å². The van der Waals surface area contributed by atoms with E-state index in [2.05, 4.69) is 147 Å². The van der Waals surface area contributed by atoms with Gasteiger partial charge in [-0.25, -0.2) is 0 Å². The third-order valence-electron chi connectivity index (χ3n) is 11.0. The van der Waals surface area contributed by atoms with E-state index < -0.39 is 5.41 Å². The van der Waals surface area contributed by atoms with Crippen LogP contribution in [-0.4, -0.2) is 4.57 Å². The number of fused-ring (bicyclic) bond motifs is 10. The van der Waals surface area contributed by atoms with Crippen LogP contribution in [-0.2, 0) is 10.8 Å². The van der Waals surface area contributed by atoms with Gasteiger partial charge < -0.3 is 4.42 Å². The molecule has 48 heavy (non-hydrogen) atoms. The predicted octanol–water partition coefficient (Wildman–Crippen LogP) is 10.4. The smallest absolute Gasteiger partial charge is 0.266 e. The lowest BCUT2D eigenvalue weighted by atomic mass is 9.53. The van der Waals surface area contributed by atoms with Gasteiger partial charge in [-0.2, -0.15) is 0 Å². The van der Waals surface area contributed by atoms with Crippen molar-refractivity contribution in [2.45, 2.75) is 24.7 Å². The Labute approximate surface area is 278 Å². The van der Waals surface area contributed by atoms with Crippen LogP contribution in [0.25, 0.3) is 49.8 Å². The minimum atomic E-state index is -0.724. The number of furan rings is 1. The lowest BCUT2D eigenvalue weighted by Gasteiger charge is -2.50. The summed E-state index contributed by atoms with van der Waals surface area (Å²) < 4.78 is 8.00. The highest BCUT2D eigenvalue weighted by Gasteiger charge is 2.53. The van der Waals surface area contributed by atoms with Crippen LogP contribution in [0.15, 0.2) is 161 Å². The Morgan fingerprint density at radius 2 is 1.08 bits per heavy atom. The Balaban J connectivity index is 1.45. The average Bonchev–Trinajstić information content (AvgIpc) is 3.64. The van der Waals surface area contributed by atoms with Crippen molar-refractivity contribution in [1.29, 1.82) is 0 Å². The molecule has 0 radical (unpaired) electrons. The van der Waals surface area contributed by atoms with Crippen molar-refractivity contribution in [3.63, 3.8) is 0 Å². The van der Waals surface area contributed by atoms with Crippen LogP contribution in [0, 0.1) is 0 Å². The lowest BCUT2D eigenvalue weighted by molar-refractivity contribution is 0.555. The molecule has 0 amide bonds. The molecule has 2 aliphatic rings. The van der Waals surface area contributed by atoms with E-state index >= 15 is 0 Å². The second-order valence-corrected chi connectivity index (χ2v) is 13.7. The molecule has 0 fully saturated rings. The summed E-state index contributed by atoms with van der Waals surface area (Å²) in [5.41, 5.74) is 13.3. The van der Waals surface area contributed by atoms with Crippen LogP contribution in [0.3, 0.4) is 0 Å². The molecule has 3 heteroatoms. The molecule has 1 aliphatic carbocycles. The molecule has 0 atom stereocenters. The number of para-hydroxylation sites is 2. The van der Waals surface area contributed by atoms with E-state index in [0.717, 1.165) is 27.7 Å². The molecule has 8 aromatic rings. The van der Waals surface area contributed by atoms with Crippen LogP contribution >= 0.6 is 0 Å². The van der Waals surface area contributed by atoms with Gasteiger partial charge in [0, 0.05) is 10.8 Å². The Kier molecular flexibility index (Phi) is 5.42. The number of rotatable bonds is 2. The quantitative estimate of drug-likeness (QED) is 0.193. The summed E-state index contributed by atoms with van der Waals surface area (Å²) in [5, 5.41) is 1.53. The zero-order valence-corrected chi connectivity index (χ0v) is 26.7. The standard InChI is InChI=1S/C45H31NO2/c1-44(2)34-22-20-30(28-12-5-3-6-13-28)26-38(34)45(39-27-31(21-23-35(39)44)29-14-7-4-8-15-29)36-17-9-10-19-40(36)46-41-32(16-11-18-37(41)45)42-33(43(46)47)24-25-48-42/h3-27H,1-2H3. The first-order chi connectivity index (χ1) is 23.5. The van der Waals surface area contributed by atoms with Gasteiger partial charge in [0.15, 0.2) is 0 Å². The minimum Gasteiger partial charge on any atom is -0.463 e. The van der Waals surface area contributed by atoms with Gasteiger partial charge >= 0.3 is 0 Å². The summed E-state index contributed by atoms with van der Waals surface area (Å²) in [6.07, 6.45) is 1.63. The Hall–Kier alpha value is -5.93. The van der Waals surface area contributed by atoms with Crippen molar-refractivity contribution in [3.8, 4) is 27.9 Å². The highest BCUT2D eigenvalue weighted by atomic mass is 16.3. The molecule has 2 aromatic heterocycles. The topological polar surface area (TPSA) is 35.1 Å². The van der Waals surface area contributed by atoms with Gasteiger partial charge in [-0.15, -0.1) is 0 Å². The van der Waals surface area contributed by atoms with Crippen molar-refractivity contribution >= 4 is 21.9 Å². The first-order valence-electron chi connectivity index (χ1n) is 16.6. The van der Waals surface area contributed by atoms with Crippen molar-refractivity contribution in [2.75, 3.05) is 0 Å². The maximum Gasteiger partial charge on any atom is 0.266 e. The molecule has 3 nitrogen and oxygen atoms in total. The van der Waals surface area contributed by atoms with E-state index in [1.165, 1.54) is 44.5 Å². The molecule has 0 N–H and O–H groups in total. The van der Waals surface area contributed by atoms with E-state index in [9.17, 15) is 4.79 Å². The van der Waals surface area contributed by atoms with Gasteiger partial charge in [0.05, 0.1) is 28.3 Å². The number of hydrogen-bond donors (Lipinski definition) is 0. The maximum absolute atomic E-state index is 14.4. The summed E-state index contributed by atoms with van der Waals surface area (Å²) in [7, 11) is 0. The molecule has 0 saturated heterocycles. The maximum atomic E-state index is 14.4. The molecule has 1 aliphatic heterocycles. The molecule has 10 rings (SSSR count). The SMILES string of the molecule is CC1(C)c2ccc(-c3ccccc3)cc2C2(c3ccccc3-n3c(=O)c4ccoc4c4cccc2c43)c2cc(-c3ccccc3)ccc21. The van der Waals surface area contributed by atoms with Gasteiger partial charge in [0.1, 0.15) is 5.58 Å². The highest BCUT2D eigenvalue weighted by molar-refractivity contribution is 6.06. The fourth-order valence-electron chi connectivity index (χ4n) is 8.83. The normalized spacial score (nSPS) is 14.9. The number of nitrogens with zero attached hydrogens (tertiary/aromatic N) is 1. The first kappa shape index (κ1) is 27.2. The molecule has 0 bridgehead atoms. The molecular weight excluding hydrogens is 587 g/mol. The van der Waals surface area contributed by atoms with Crippen LogP contribution in [0.4, 0.5) is 0 Å². The second kappa shape index (κ2) is 9.56. The largest absolute Gasteiger partial charge is 0.463 e. The molecule has 0 unspecified atom stereocenters. The second-order valence-electron chi connectivity index (χ2n) is 13.7. The molecular formula is C45H31NO2. The van der Waals surface area contributed by atoms with Gasteiger partial charge in [-0.1, -0.05) is 129 Å². The van der Waals surface area contributed by atoms with Crippen LogP contribution < -0.4 is 5.56 Å². The van der Waals surface area contributed by atoms with E-state index in [4.69, 9.17) is 4.42 Å². The summed E-state index contributed by atoms with van der Waals surface area (Å²) in [4.78, 5) is 14.4. The van der Waals surface area contributed by atoms with Crippen LogP contribution in [0.2, 0.25) is 0 Å². The summed E-state index contributed by atoms with van der Waals surface area (Å²) in [5.74, 6) is 0. The molecule has 6 aromatic carbocycles. The van der Waals surface area contributed by atoms with Crippen LogP contribution in [0.5, 0.6) is 0 Å². The van der Waals surface area contributed by atoms with E-state index in [1.807, 2.05) is 10.6 Å². The molecule has 0 saturated carbocycles. The molecule has 3 heterocycles. The predicted molar refractivity (Wildman–Crippen MR) is 194 cm³/mol. The number of aromatic nitrogens is 1. The van der Waals surface area contributed by atoms with Crippen molar-refractivity contribution in [2.24, 2.45) is 0 Å². The molecule has 228 valence electrons. The zero-order valence-electron chi connectivity index (χ0n) is 26.7. The van der Waals surface area contributed by atoms with Gasteiger partial charge in [0.2, 0.25) is 0 Å². The Morgan fingerprint density at radius 1 is 0.500 bits per heavy atom. The summed E-state index contributed by atoms with van der Waals surface area (Å²) in [6, 6.07) is 52.1. The van der Waals surface area contributed by atoms with Crippen LogP contribution in [0.1, 0.15) is 47.2 Å². The number of benzene rings is 6. The Morgan fingerprint density at radius 3 is 1.73 bits per heavy atom. The van der Waals surface area contributed by atoms with Crippen molar-refractivity contribution < 1.29 is 4.42 Å². The first-order valence-corrected chi connectivity index (χ1v) is 16.6. The van der Waals surface area contributed by atoms with E-state index in [-0.39, 0.29) is 11.0 Å². The van der Waals surface area contributed by atoms with E-state index in [0.29, 0.717) is 11.0 Å². The van der Waals surface area contributed by atoms with Gasteiger partial charge in [-0.3, -0.25) is 9.36 Å². The summed E-state index contributed by atoms with van der Waals surface area (Å²) in [6.45, 7) is 4.70. The molecule has 1 spiro atoms. The van der Waals surface area contributed by atoms with Gasteiger partial charge in [0.25, 0.3) is 5.56 Å². The number of pyridine rings is 1. The summed E-state index contributed by atoms with van der Waals surface area (Å²) >= 11 is 0. The number of hydrogen-bond acceptors (Lipinski definition) is 2. The fraction of sp³-hybridized carbons (Fsp3) is 0.0889. The monoisotopic (exact) mass is 617 g/mol. The third-order valence-corrected chi connectivity index (χ3v) is 11.0. The fourth-order valence-corrected chi connectivity index (χ4v) is 8.83. The highest BCUT2D eigenvalue weighted by Crippen LogP contribution is 2.60.